The average molecular weight is 473 g/mol. The molecule has 4 rings (SSSR count). The van der Waals surface area contributed by atoms with Crippen molar-refractivity contribution in [1.82, 2.24) is 0 Å². The van der Waals surface area contributed by atoms with Crippen LogP contribution in [0.2, 0.25) is 0 Å². The van der Waals surface area contributed by atoms with Crippen LogP contribution in [-0.2, 0) is 0 Å². The second kappa shape index (κ2) is 11.6. The van der Waals surface area contributed by atoms with Crippen LogP contribution in [-0.4, -0.2) is 6.61 Å². The van der Waals surface area contributed by atoms with Gasteiger partial charge in [0.2, 0.25) is 0 Å². The van der Waals surface area contributed by atoms with E-state index in [2.05, 4.69) is 6.92 Å². The Hall–Kier alpha value is -1.97. The molecule has 2 aliphatic rings. The van der Waals surface area contributed by atoms with Gasteiger partial charge in [0.05, 0.1) is 12.0 Å². The molecule has 2 aromatic rings. The van der Waals surface area contributed by atoms with Crippen LogP contribution in [0.1, 0.15) is 90.0 Å². The lowest BCUT2D eigenvalue weighted by molar-refractivity contribution is 0.152. The molecule has 186 valence electrons. The summed E-state index contributed by atoms with van der Waals surface area (Å²) in [5.41, 5.74) is 0.182. The van der Waals surface area contributed by atoms with Crippen LogP contribution in [0.5, 0.6) is 5.75 Å². The Bertz CT molecular complexity index is 982. The second-order valence-corrected chi connectivity index (χ2v) is 10.5. The van der Waals surface area contributed by atoms with E-state index in [1.54, 1.807) is 19.1 Å². The third-order valence-corrected chi connectivity index (χ3v) is 8.30. The van der Waals surface area contributed by atoms with Gasteiger partial charge in [-0.15, -0.1) is 0 Å². The van der Waals surface area contributed by atoms with Gasteiger partial charge in [-0.1, -0.05) is 57.2 Å². The minimum atomic E-state index is -1.14. The first kappa shape index (κ1) is 25.1. The molecule has 0 spiro atoms. The highest BCUT2D eigenvalue weighted by molar-refractivity contribution is 5.87. The summed E-state index contributed by atoms with van der Waals surface area (Å²) in [6.07, 6.45) is 18.1. The minimum Gasteiger partial charge on any atom is -0.491 e. The summed E-state index contributed by atoms with van der Waals surface area (Å²) < 4.78 is 49.3. The van der Waals surface area contributed by atoms with Gasteiger partial charge in [0.25, 0.3) is 0 Å². The highest BCUT2D eigenvalue weighted by Crippen LogP contribution is 2.42. The summed E-state index contributed by atoms with van der Waals surface area (Å²) in [5.74, 6) is 0.0193. The summed E-state index contributed by atoms with van der Waals surface area (Å²) in [4.78, 5) is 0. The van der Waals surface area contributed by atoms with E-state index in [1.807, 2.05) is 6.08 Å². The normalized spacial score (nSPS) is 25.8. The van der Waals surface area contributed by atoms with Crippen molar-refractivity contribution in [2.45, 2.75) is 84.5 Å². The monoisotopic (exact) mass is 472 g/mol. The van der Waals surface area contributed by atoms with Crippen LogP contribution in [0, 0.1) is 41.1 Å². The Morgan fingerprint density at radius 3 is 2.18 bits per heavy atom. The van der Waals surface area contributed by atoms with Crippen LogP contribution < -0.4 is 4.74 Å². The molecule has 1 nitrogen and oxygen atoms in total. The van der Waals surface area contributed by atoms with Crippen LogP contribution in [0.15, 0.2) is 24.3 Å². The van der Waals surface area contributed by atoms with Crippen molar-refractivity contribution in [3.8, 4) is 5.75 Å². The predicted molar refractivity (Wildman–Crippen MR) is 134 cm³/mol. The third kappa shape index (κ3) is 5.63. The van der Waals surface area contributed by atoms with Gasteiger partial charge in [0.15, 0.2) is 23.2 Å². The lowest BCUT2D eigenvalue weighted by Crippen LogP contribution is -2.25. The topological polar surface area (TPSA) is 9.23 Å². The quantitative estimate of drug-likeness (QED) is 0.372. The van der Waals surface area contributed by atoms with Gasteiger partial charge in [-0.05, 0) is 86.6 Å². The summed E-state index contributed by atoms with van der Waals surface area (Å²) in [5, 5.41) is 0.00303. The van der Waals surface area contributed by atoms with Gasteiger partial charge < -0.3 is 4.74 Å². The molecule has 0 heterocycles. The van der Waals surface area contributed by atoms with Gasteiger partial charge >= 0.3 is 0 Å². The highest BCUT2D eigenvalue weighted by atomic mass is 19.2. The fourth-order valence-corrected chi connectivity index (χ4v) is 6.26. The first-order valence-corrected chi connectivity index (χ1v) is 13.4. The van der Waals surface area contributed by atoms with E-state index >= 15 is 0 Å². The molecule has 0 amide bonds. The Morgan fingerprint density at radius 2 is 1.53 bits per heavy atom. The van der Waals surface area contributed by atoms with E-state index < -0.39 is 17.5 Å². The molecule has 0 N–H and O–H groups in total. The summed E-state index contributed by atoms with van der Waals surface area (Å²) in [7, 11) is 0. The van der Waals surface area contributed by atoms with Crippen LogP contribution in [0.3, 0.4) is 0 Å². The molecule has 0 unspecified atom stereocenters. The molecule has 2 fully saturated rings. The second-order valence-electron chi connectivity index (χ2n) is 10.5. The van der Waals surface area contributed by atoms with Gasteiger partial charge in [0, 0.05) is 5.56 Å². The molecule has 2 saturated carbocycles. The van der Waals surface area contributed by atoms with E-state index in [4.69, 9.17) is 4.74 Å². The number of hydrogen-bond donors (Lipinski definition) is 0. The lowest BCUT2D eigenvalue weighted by Gasteiger charge is -2.37. The number of unbranched alkanes of at least 4 members (excludes halogenated alkanes) is 1. The lowest BCUT2D eigenvalue weighted by atomic mass is 9.68. The maximum absolute atomic E-state index is 14.8. The number of hydrogen-bond acceptors (Lipinski definition) is 1. The van der Waals surface area contributed by atoms with Gasteiger partial charge in [-0.3, -0.25) is 0 Å². The smallest absolute Gasteiger partial charge is 0.175 e. The molecule has 4 heteroatoms. The number of halogens is 3. The van der Waals surface area contributed by atoms with Crippen molar-refractivity contribution >= 4 is 16.8 Å². The Labute approximate surface area is 202 Å². The van der Waals surface area contributed by atoms with Crippen molar-refractivity contribution < 1.29 is 17.9 Å². The molecule has 2 aliphatic carbocycles. The Morgan fingerprint density at radius 1 is 0.853 bits per heavy atom. The molecule has 2 aromatic carbocycles. The largest absolute Gasteiger partial charge is 0.491 e. The maximum Gasteiger partial charge on any atom is 0.175 e. The van der Waals surface area contributed by atoms with E-state index in [1.165, 1.54) is 69.9 Å². The minimum absolute atomic E-state index is 0.0530. The first-order chi connectivity index (χ1) is 16.5. The SMILES string of the molecule is CCCC[C@H]1CC[C@H](C2CCC(/C=C/c3cc4ccc(OCC)c(F)c4c(F)c3F)CC2)CC1. The van der Waals surface area contributed by atoms with E-state index in [9.17, 15) is 13.2 Å². The highest BCUT2D eigenvalue weighted by Gasteiger charge is 2.30. The third-order valence-electron chi connectivity index (χ3n) is 8.30. The number of fused-ring (bicyclic) bond motifs is 1. The zero-order valence-electron chi connectivity index (χ0n) is 20.7. The fourth-order valence-electron chi connectivity index (χ4n) is 6.26. The zero-order valence-corrected chi connectivity index (χ0v) is 20.7. The van der Waals surface area contributed by atoms with E-state index in [0.717, 1.165) is 30.6 Å². The van der Waals surface area contributed by atoms with E-state index in [0.29, 0.717) is 11.3 Å². The molecular formula is C30H39F3O. The van der Waals surface area contributed by atoms with Gasteiger partial charge in [0.1, 0.15) is 0 Å². The van der Waals surface area contributed by atoms with Crippen molar-refractivity contribution in [3.63, 3.8) is 0 Å². The molecule has 0 bridgehead atoms. The van der Waals surface area contributed by atoms with Crippen LogP contribution in [0.25, 0.3) is 16.8 Å². The molecule has 0 radical (unpaired) electrons. The van der Waals surface area contributed by atoms with Crippen molar-refractivity contribution in [3.05, 3.63) is 47.3 Å². The molecule has 0 atom stereocenters. The maximum atomic E-state index is 14.8. The number of benzene rings is 2. The molecular weight excluding hydrogens is 433 g/mol. The van der Waals surface area contributed by atoms with Crippen molar-refractivity contribution in [2.24, 2.45) is 23.7 Å². The number of allylic oxidation sites excluding steroid dienone is 1. The van der Waals surface area contributed by atoms with Crippen LogP contribution >= 0.6 is 0 Å². The average Bonchev–Trinajstić information content (AvgIpc) is 2.86. The van der Waals surface area contributed by atoms with E-state index in [-0.39, 0.29) is 23.3 Å². The number of rotatable bonds is 8. The molecule has 0 saturated heterocycles. The Kier molecular flexibility index (Phi) is 8.60. The Balaban J connectivity index is 1.36. The predicted octanol–water partition coefficient (Wildman–Crippen LogP) is 9.47. The summed E-state index contributed by atoms with van der Waals surface area (Å²) >= 11 is 0. The summed E-state index contributed by atoms with van der Waals surface area (Å²) in [6, 6.07) is 4.60. The van der Waals surface area contributed by atoms with Gasteiger partial charge in [-0.25, -0.2) is 13.2 Å². The molecule has 0 aromatic heterocycles. The fraction of sp³-hybridized carbons (Fsp3) is 0.600. The van der Waals surface area contributed by atoms with Gasteiger partial charge in [-0.2, -0.15) is 0 Å². The molecule has 0 aliphatic heterocycles. The zero-order chi connectivity index (χ0) is 24.1. The number of ether oxygens (including phenoxy) is 1. The first-order valence-electron chi connectivity index (χ1n) is 13.4. The van der Waals surface area contributed by atoms with Crippen molar-refractivity contribution in [1.29, 1.82) is 0 Å². The standard InChI is InChI=1S/C30H39F3O/c1-3-5-6-20-7-12-22(13-8-20)23-14-9-21(10-15-23)11-16-25-19-24-17-18-26(34-4-2)29(32)27(24)30(33)28(25)31/h11,16-23H,3-10,12-15H2,1-2H3/b16-11+/t20-,21?,22-,23?. The summed E-state index contributed by atoms with van der Waals surface area (Å²) in [6.45, 7) is 4.26. The van der Waals surface area contributed by atoms with Crippen LogP contribution in [0.4, 0.5) is 13.2 Å². The molecule has 34 heavy (non-hydrogen) atoms. The van der Waals surface area contributed by atoms with Crippen molar-refractivity contribution in [2.75, 3.05) is 6.61 Å².